The van der Waals surface area contributed by atoms with Crippen LogP contribution in [-0.2, 0) is 11.3 Å². The molecule has 120 valence electrons. The number of rotatable bonds is 4. The molecule has 1 amide bonds. The van der Waals surface area contributed by atoms with Crippen LogP contribution in [-0.4, -0.2) is 30.6 Å². The van der Waals surface area contributed by atoms with Gasteiger partial charge >= 0.3 is 0 Å². The Morgan fingerprint density at radius 3 is 2.77 bits per heavy atom. The highest BCUT2D eigenvalue weighted by molar-refractivity contribution is 5.95. The van der Waals surface area contributed by atoms with Crippen LogP contribution in [0.4, 0.5) is 0 Å². The fraction of sp³-hybridized carbons (Fsp3) is 0.647. The van der Waals surface area contributed by atoms with E-state index >= 15 is 0 Å². The largest absolute Gasteiger partial charge is 0.381 e. The lowest BCUT2D eigenvalue weighted by Crippen LogP contribution is -2.49. The standard InChI is InChI=1S/C17H25N3O2/c1-12-15(3-2-14(10-18)20-12)16(21)19-11-13-4-5-17(13)6-8-22-9-7-17/h2-3,13H,4-11,18H2,1H3,(H,19,21). The minimum Gasteiger partial charge on any atom is -0.381 e. The Kier molecular flexibility index (Phi) is 4.45. The molecule has 0 aromatic carbocycles. The van der Waals surface area contributed by atoms with Crippen LogP contribution in [0.25, 0.3) is 0 Å². The first-order valence-electron chi connectivity index (χ1n) is 8.17. The highest BCUT2D eigenvalue weighted by Crippen LogP contribution is 2.53. The van der Waals surface area contributed by atoms with E-state index in [0.717, 1.165) is 44.0 Å². The third kappa shape index (κ3) is 2.88. The van der Waals surface area contributed by atoms with Gasteiger partial charge in [0, 0.05) is 26.3 Å². The zero-order valence-electron chi connectivity index (χ0n) is 13.2. The quantitative estimate of drug-likeness (QED) is 0.889. The second kappa shape index (κ2) is 6.34. The number of pyridine rings is 1. The first-order chi connectivity index (χ1) is 10.6. The Morgan fingerprint density at radius 1 is 1.41 bits per heavy atom. The highest BCUT2D eigenvalue weighted by atomic mass is 16.5. The maximum Gasteiger partial charge on any atom is 0.253 e. The molecule has 0 bridgehead atoms. The van der Waals surface area contributed by atoms with E-state index in [2.05, 4.69) is 10.3 Å². The SMILES string of the molecule is Cc1nc(CN)ccc1C(=O)NCC1CCC12CCOCC2. The van der Waals surface area contributed by atoms with Crippen LogP contribution in [0.1, 0.15) is 47.4 Å². The average Bonchev–Trinajstić information content (AvgIpc) is 2.54. The van der Waals surface area contributed by atoms with E-state index in [1.54, 1.807) is 0 Å². The molecule has 0 radical (unpaired) electrons. The van der Waals surface area contributed by atoms with Crippen LogP contribution in [0.15, 0.2) is 12.1 Å². The Hall–Kier alpha value is -1.46. The minimum atomic E-state index is -0.0253. The van der Waals surface area contributed by atoms with E-state index in [1.165, 1.54) is 12.8 Å². The van der Waals surface area contributed by atoms with Crippen LogP contribution < -0.4 is 11.1 Å². The van der Waals surface area contributed by atoms with E-state index in [0.29, 0.717) is 23.4 Å². The minimum absolute atomic E-state index is 0.0253. The summed E-state index contributed by atoms with van der Waals surface area (Å²) in [5.74, 6) is 0.569. The summed E-state index contributed by atoms with van der Waals surface area (Å²) >= 11 is 0. The molecule has 1 saturated heterocycles. The van der Waals surface area contributed by atoms with Crippen molar-refractivity contribution >= 4 is 5.91 Å². The van der Waals surface area contributed by atoms with Gasteiger partial charge in [0.2, 0.25) is 0 Å². The van der Waals surface area contributed by atoms with Crippen molar-refractivity contribution in [3.8, 4) is 0 Å². The second-order valence-electron chi connectivity index (χ2n) is 6.56. The van der Waals surface area contributed by atoms with Crippen LogP contribution in [0.3, 0.4) is 0 Å². The summed E-state index contributed by atoms with van der Waals surface area (Å²) in [6, 6.07) is 3.65. The first kappa shape index (κ1) is 15.4. The van der Waals surface area contributed by atoms with Crippen molar-refractivity contribution in [1.82, 2.24) is 10.3 Å². The Balaban J connectivity index is 1.58. The Morgan fingerprint density at radius 2 is 2.18 bits per heavy atom. The van der Waals surface area contributed by atoms with Gasteiger partial charge in [0.25, 0.3) is 5.91 Å². The number of amides is 1. The molecule has 1 spiro atoms. The van der Waals surface area contributed by atoms with Crippen molar-refractivity contribution in [3.05, 3.63) is 29.1 Å². The number of carbonyl (C=O) groups is 1. The third-order valence-electron chi connectivity index (χ3n) is 5.45. The predicted molar refractivity (Wildman–Crippen MR) is 84.4 cm³/mol. The van der Waals surface area contributed by atoms with Gasteiger partial charge in [0.15, 0.2) is 0 Å². The number of nitrogens with one attached hydrogen (secondary N) is 1. The zero-order chi connectivity index (χ0) is 15.6. The number of carbonyl (C=O) groups excluding carboxylic acids is 1. The number of ether oxygens (including phenoxy) is 1. The van der Waals surface area contributed by atoms with Crippen molar-refractivity contribution in [2.24, 2.45) is 17.1 Å². The maximum atomic E-state index is 12.4. The summed E-state index contributed by atoms with van der Waals surface area (Å²) in [5.41, 5.74) is 8.20. The van der Waals surface area contributed by atoms with Gasteiger partial charge in [-0.3, -0.25) is 9.78 Å². The molecule has 2 heterocycles. The van der Waals surface area contributed by atoms with E-state index in [9.17, 15) is 4.79 Å². The van der Waals surface area contributed by atoms with Gasteiger partial charge in [-0.25, -0.2) is 0 Å². The van der Waals surface area contributed by atoms with Crippen LogP contribution in [0, 0.1) is 18.3 Å². The lowest BCUT2D eigenvalue weighted by molar-refractivity contribution is -0.0738. The zero-order valence-corrected chi connectivity index (χ0v) is 13.2. The van der Waals surface area contributed by atoms with Crippen LogP contribution in [0.2, 0.25) is 0 Å². The van der Waals surface area contributed by atoms with Gasteiger partial charge in [0.05, 0.1) is 17.0 Å². The molecule has 1 aromatic rings. The summed E-state index contributed by atoms with van der Waals surface area (Å²) in [7, 11) is 0. The van der Waals surface area contributed by atoms with Gasteiger partial charge in [0.1, 0.15) is 0 Å². The van der Waals surface area contributed by atoms with Crippen molar-refractivity contribution in [3.63, 3.8) is 0 Å². The highest BCUT2D eigenvalue weighted by Gasteiger charge is 2.46. The van der Waals surface area contributed by atoms with E-state index in [-0.39, 0.29) is 5.91 Å². The normalized spacial score (nSPS) is 23.1. The molecule has 1 aromatic heterocycles. The van der Waals surface area contributed by atoms with Crippen molar-refractivity contribution in [2.45, 2.75) is 39.2 Å². The van der Waals surface area contributed by atoms with Gasteiger partial charge in [-0.05, 0) is 56.1 Å². The summed E-state index contributed by atoms with van der Waals surface area (Å²) < 4.78 is 5.48. The van der Waals surface area contributed by atoms with Crippen LogP contribution >= 0.6 is 0 Å². The molecular weight excluding hydrogens is 278 g/mol. The lowest BCUT2D eigenvalue weighted by Gasteiger charge is -2.52. The summed E-state index contributed by atoms with van der Waals surface area (Å²) in [6.07, 6.45) is 4.77. The van der Waals surface area contributed by atoms with Crippen LogP contribution in [0.5, 0.6) is 0 Å². The second-order valence-corrected chi connectivity index (χ2v) is 6.56. The predicted octanol–water partition coefficient (Wildman–Crippen LogP) is 1.79. The molecule has 5 nitrogen and oxygen atoms in total. The fourth-order valence-electron chi connectivity index (χ4n) is 3.79. The summed E-state index contributed by atoms with van der Waals surface area (Å²) in [4.78, 5) is 16.7. The fourth-order valence-corrected chi connectivity index (χ4v) is 3.79. The van der Waals surface area contributed by atoms with Crippen molar-refractivity contribution in [1.29, 1.82) is 0 Å². The topological polar surface area (TPSA) is 77.2 Å². The molecule has 3 N–H and O–H groups in total. The molecule has 2 fully saturated rings. The molecule has 1 saturated carbocycles. The molecule has 1 aliphatic heterocycles. The number of hydrogen-bond acceptors (Lipinski definition) is 4. The number of nitrogens with zero attached hydrogens (tertiary/aromatic N) is 1. The van der Waals surface area contributed by atoms with Crippen molar-refractivity contribution in [2.75, 3.05) is 19.8 Å². The molecule has 1 atom stereocenters. The molecule has 2 aliphatic rings. The third-order valence-corrected chi connectivity index (χ3v) is 5.45. The monoisotopic (exact) mass is 303 g/mol. The number of aromatic nitrogens is 1. The van der Waals surface area contributed by atoms with E-state index in [1.807, 2.05) is 19.1 Å². The maximum absolute atomic E-state index is 12.4. The smallest absolute Gasteiger partial charge is 0.253 e. The molecular formula is C17H25N3O2. The molecule has 5 heteroatoms. The number of nitrogens with two attached hydrogens (primary N) is 1. The van der Waals surface area contributed by atoms with E-state index in [4.69, 9.17) is 10.5 Å². The number of hydrogen-bond donors (Lipinski definition) is 2. The molecule has 1 aliphatic carbocycles. The average molecular weight is 303 g/mol. The first-order valence-corrected chi connectivity index (χ1v) is 8.17. The van der Waals surface area contributed by atoms with Gasteiger partial charge in [-0.2, -0.15) is 0 Å². The van der Waals surface area contributed by atoms with Crippen molar-refractivity contribution < 1.29 is 9.53 Å². The summed E-state index contributed by atoms with van der Waals surface area (Å²) in [6.45, 7) is 4.76. The van der Waals surface area contributed by atoms with Gasteiger partial charge in [-0.1, -0.05) is 0 Å². The van der Waals surface area contributed by atoms with Gasteiger partial charge in [-0.15, -0.1) is 0 Å². The summed E-state index contributed by atoms with van der Waals surface area (Å²) in [5, 5.41) is 3.10. The Bertz CT molecular complexity index is 553. The number of aryl methyl sites for hydroxylation is 1. The molecule has 22 heavy (non-hydrogen) atoms. The lowest BCUT2D eigenvalue weighted by atomic mass is 9.56. The van der Waals surface area contributed by atoms with E-state index < -0.39 is 0 Å². The molecule has 1 unspecified atom stereocenters. The Labute approximate surface area is 131 Å². The van der Waals surface area contributed by atoms with Gasteiger partial charge < -0.3 is 15.8 Å². The molecule has 3 rings (SSSR count).